The van der Waals surface area contributed by atoms with Crippen LogP contribution in [0.2, 0.25) is 5.02 Å². The number of nitrogens with zero attached hydrogens (tertiary/aromatic N) is 2. The topological polar surface area (TPSA) is 44.8 Å². The molecule has 0 unspecified atom stereocenters. The third-order valence-electron chi connectivity index (χ3n) is 4.82. The van der Waals surface area contributed by atoms with Gasteiger partial charge in [0.1, 0.15) is 5.75 Å². The first kappa shape index (κ1) is 22.0. The monoisotopic (exact) mass is 433 g/mol. The predicted octanol–water partition coefficient (Wildman–Crippen LogP) is 3.97. The molecule has 5 nitrogen and oxygen atoms in total. The highest BCUT2D eigenvalue weighted by molar-refractivity contribution is 7.99. The zero-order valence-electron chi connectivity index (χ0n) is 17.0. The first-order chi connectivity index (χ1) is 14.0. The number of carbonyl (C=O) groups excluding carboxylic acids is 1. The van der Waals surface area contributed by atoms with E-state index in [4.69, 9.17) is 16.3 Å². The van der Waals surface area contributed by atoms with Gasteiger partial charge in [-0.05, 0) is 42.9 Å². The number of rotatable bonds is 8. The SMILES string of the molecule is COc1ccc(Cl)cc1CN(C)CC(=O)Nc1cccc(CN2CCSCC2)c1. The normalized spacial score (nSPS) is 14.8. The molecule has 0 aromatic heterocycles. The van der Waals surface area contributed by atoms with E-state index in [0.717, 1.165) is 36.6 Å². The molecular formula is C22H28ClN3O2S. The van der Waals surface area contributed by atoms with E-state index in [9.17, 15) is 4.79 Å². The van der Waals surface area contributed by atoms with Crippen molar-refractivity contribution in [2.24, 2.45) is 0 Å². The van der Waals surface area contributed by atoms with Crippen LogP contribution in [0.1, 0.15) is 11.1 Å². The number of likely N-dealkylation sites (N-methyl/N-ethyl adjacent to an activating group) is 1. The number of hydrogen-bond donors (Lipinski definition) is 1. The van der Waals surface area contributed by atoms with E-state index in [0.29, 0.717) is 11.6 Å². The molecule has 3 rings (SSSR count). The quantitative estimate of drug-likeness (QED) is 0.682. The first-order valence-corrected chi connectivity index (χ1v) is 11.3. The summed E-state index contributed by atoms with van der Waals surface area (Å²) >= 11 is 8.11. The third kappa shape index (κ3) is 6.93. The van der Waals surface area contributed by atoms with Crippen LogP contribution in [0.3, 0.4) is 0 Å². The summed E-state index contributed by atoms with van der Waals surface area (Å²) in [5.41, 5.74) is 3.02. The van der Waals surface area contributed by atoms with E-state index in [1.165, 1.54) is 17.1 Å². The van der Waals surface area contributed by atoms with Gasteiger partial charge in [0.15, 0.2) is 0 Å². The smallest absolute Gasteiger partial charge is 0.238 e. The van der Waals surface area contributed by atoms with Crippen LogP contribution >= 0.6 is 23.4 Å². The highest BCUT2D eigenvalue weighted by atomic mass is 35.5. The van der Waals surface area contributed by atoms with Gasteiger partial charge < -0.3 is 10.1 Å². The number of amides is 1. The van der Waals surface area contributed by atoms with Crippen molar-refractivity contribution in [3.8, 4) is 5.75 Å². The molecule has 0 aliphatic carbocycles. The minimum atomic E-state index is -0.0417. The number of anilines is 1. The van der Waals surface area contributed by atoms with Gasteiger partial charge in [0.2, 0.25) is 5.91 Å². The summed E-state index contributed by atoms with van der Waals surface area (Å²) in [5.74, 6) is 3.12. The molecule has 0 bridgehead atoms. The van der Waals surface area contributed by atoms with Crippen molar-refractivity contribution in [1.82, 2.24) is 9.80 Å². The fourth-order valence-corrected chi connectivity index (χ4v) is 4.60. The molecule has 1 aliphatic rings. The number of ether oxygens (including phenoxy) is 1. The maximum absolute atomic E-state index is 12.5. The number of halogens is 1. The van der Waals surface area contributed by atoms with Crippen molar-refractivity contribution in [3.05, 3.63) is 58.6 Å². The summed E-state index contributed by atoms with van der Waals surface area (Å²) in [4.78, 5) is 16.9. The summed E-state index contributed by atoms with van der Waals surface area (Å²) in [6.07, 6.45) is 0. The Morgan fingerprint density at radius 2 is 2.03 bits per heavy atom. The summed E-state index contributed by atoms with van der Waals surface area (Å²) in [6, 6.07) is 13.6. The van der Waals surface area contributed by atoms with Crippen molar-refractivity contribution in [3.63, 3.8) is 0 Å². The molecule has 2 aromatic rings. The number of thioether (sulfide) groups is 1. The van der Waals surface area contributed by atoms with Crippen LogP contribution in [-0.4, -0.2) is 61.0 Å². The van der Waals surface area contributed by atoms with Crippen LogP contribution < -0.4 is 10.1 Å². The zero-order chi connectivity index (χ0) is 20.6. The van der Waals surface area contributed by atoms with Gasteiger partial charge in [-0.15, -0.1) is 0 Å². The minimum absolute atomic E-state index is 0.0417. The zero-order valence-corrected chi connectivity index (χ0v) is 18.6. The lowest BCUT2D eigenvalue weighted by Gasteiger charge is -2.26. The Kier molecular flexibility index (Phi) is 8.24. The predicted molar refractivity (Wildman–Crippen MR) is 122 cm³/mol. The lowest BCUT2D eigenvalue weighted by Crippen LogP contribution is -2.32. The lowest BCUT2D eigenvalue weighted by atomic mass is 10.2. The van der Waals surface area contributed by atoms with Gasteiger partial charge in [-0.1, -0.05) is 23.7 Å². The van der Waals surface area contributed by atoms with Crippen LogP contribution in [0, 0.1) is 0 Å². The number of hydrogen-bond acceptors (Lipinski definition) is 5. The van der Waals surface area contributed by atoms with Gasteiger partial charge in [0.05, 0.1) is 13.7 Å². The van der Waals surface area contributed by atoms with Gasteiger partial charge in [0, 0.05) is 54.0 Å². The minimum Gasteiger partial charge on any atom is -0.496 e. The van der Waals surface area contributed by atoms with Gasteiger partial charge in [-0.25, -0.2) is 0 Å². The Hall–Kier alpha value is -1.73. The molecule has 0 spiro atoms. The van der Waals surface area contributed by atoms with E-state index in [1.54, 1.807) is 13.2 Å². The van der Waals surface area contributed by atoms with E-state index in [2.05, 4.69) is 22.3 Å². The van der Waals surface area contributed by atoms with Gasteiger partial charge >= 0.3 is 0 Å². The molecule has 29 heavy (non-hydrogen) atoms. The van der Waals surface area contributed by atoms with E-state index in [-0.39, 0.29) is 12.5 Å². The second-order valence-electron chi connectivity index (χ2n) is 7.27. The summed E-state index contributed by atoms with van der Waals surface area (Å²) in [6.45, 7) is 4.03. The number of nitrogens with one attached hydrogen (secondary N) is 1. The van der Waals surface area contributed by atoms with E-state index in [1.807, 2.05) is 48.0 Å². The molecule has 1 N–H and O–H groups in total. The maximum atomic E-state index is 12.5. The number of benzene rings is 2. The van der Waals surface area contributed by atoms with Crippen molar-refractivity contribution in [2.75, 3.05) is 50.6 Å². The largest absolute Gasteiger partial charge is 0.496 e. The lowest BCUT2D eigenvalue weighted by molar-refractivity contribution is -0.117. The van der Waals surface area contributed by atoms with Crippen molar-refractivity contribution in [2.45, 2.75) is 13.1 Å². The Morgan fingerprint density at radius 1 is 1.24 bits per heavy atom. The first-order valence-electron chi connectivity index (χ1n) is 9.73. The highest BCUT2D eigenvalue weighted by Gasteiger charge is 2.13. The second-order valence-corrected chi connectivity index (χ2v) is 8.93. The van der Waals surface area contributed by atoms with Crippen LogP contribution in [0.4, 0.5) is 5.69 Å². The average Bonchev–Trinajstić information content (AvgIpc) is 2.69. The third-order valence-corrected chi connectivity index (χ3v) is 5.99. The molecule has 0 atom stereocenters. The molecule has 1 fully saturated rings. The van der Waals surface area contributed by atoms with E-state index < -0.39 is 0 Å². The van der Waals surface area contributed by atoms with Gasteiger partial charge in [0.25, 0.3) is 0 Å². The average molecular weight is 434 g/mol. The molecule has 7 heteroatoms. The summed E-state index contributed by atoms with van der Waals surface area (Å²) < 4.78 is 5.39. The van der Waals surface area contributed by atoms with Gasteiger partial charge in [-0.2, -0.15) is 11.8 Å². The Morgan fingerprint density at radius 3 is 2.79 bits per heavy atom. The Balaban J connectivity index is 1.53. The van der Waals surface area contributed by atoms with Crippen LogP contribution in [0.5, 0.6) is 5.75 Å². The van der Waals surface area contributed by atoms with Crippen molar-refractivity contribution >= 4 is 35.0 Å². The standard InChI is InChI=1S/C22H28ClN3O2S/c1-25(15-18-13-19(23)6-7-21(18)28-2)16-22(27)24-20-5-3-4-17(12-20)14-26-8-10-29-11-9-26/h3-7,12-13H,8-11,14-16H2,1-2H3,(H,24,27). The van der Waals surface area contributed by atoms with Crippen LogP contribution in [0.25, 0.3) is 0 Å². The van der Waals surface area contributed by atoms with E-state index >= 15 is 0 Å². The second kappa shape index (κ2) is 10.9. The molecular weight excluding hydrogens is 406 g/mol. The maximum Gasteiger partial charge on any atom is 0.238 e. The molecule has 1 saturated heterocycles. The van der Waals surface area contributed by atoms with Crippen LogP contribution in [0.15, 0.2) is 42.5 Å². The molecule has 0 saturated carbocycles. The van der Waals surface area contributed by atoms with Crippen LogP contribution in [-0.2, 0) is 17.9 Å². The summed E-state index contributed by atoms with van der Waals surface area (Å²) in [5, 5.41) is 3.67. The summed E-state index contributed by atoms with van der Waals surface area (Å²) in [7, 11) is 3.54. The molecule has 1 heterocycles. The Labute approximate surface area is 182 Å². The highest BCUT2D eigenvalue weighted by Crippen LogP contribution is 2.23. The fraction of sp³-hybridized carbons (Fsp3) is 0.409. The van der Waals surface area contributed by atoms with Gasteiger partial charge in [-0.3, -0.25) is 14.6 Å². The molecule has 156 valence electrons. The van der Waals surface area contributed by atoms with Crippen molar-refractivity contribution < 1.29 is 9.53 Å². The van der Waals surface area contributed by atoms with Crippen molar-refractivity contribution in [1.29, 1.82) is 0 Å². The molecule has 2 aromatic carbocycles. The number of methoxy groups -OCH3 is 1. The Bertz CT molecular complexity index is 827. The number of carbonyl (C=O) groups is 1. The fourth-order valence-electron chi connectivity index (χ4n) is 3.43. The molecule has 1 aliphatic heterocycles. The molecule has 1 amide bonds. The molecule has 0 radical (unpaired) electrons.